The Labute approximate surface area is 169 Å². The molecule has 0 radical (unpaired) electrons. The number of sulfonamides is 1. The summed E-state index contributed by atoms with van der Waals surface area (Å²) >= 11 is 0. The molecule has 0 saturated carbocycles. The maximum atomic E-state index is 12.7. The topological polar surface area (TPSA) is 93.2 Å². The van der Waals surface area contributed by atoms with E-state index in [2.05, 4.69) is 0 Å². The number of piperazine rings is 1. The first-order chi connectivity index (χ1) is 14.0. The predicted octanol–water partition coefficient (Wildman–Crippen LogP) is 1.42. The zero-order valence-electron chi connectivity index (χ0n) is 16.0. The number of benzene rings is 2. The van der Waals surface area contributed by atoms with E-state index in [1.54, 1.807) is 47.4 Å². The van der Waals surface area contributed by atoms with Crippen LogP contribution in [0.2, 0.25) is 0 Å². The Kier molecular flexibility index (Phi) is 6.50. The van der Waals surface area contributed by atoms with Crippen molar-refractivity contribution in [1.82, 2.24) is 9.21 Å². The molecule has 1 aliphatic rings. The normalized spacial score (nSPS) is 15.0. The molecule has 1 amide bonds. The molecule has 8 nitrogen and oxygen atoms in total. The Balaban J connectivity index is 1.56. The van der Waals surface area contributed by atoms with Gasteiger partial charge in [0, 0.05) is 31.7 Å². The minimum absolute atomic E-state index is 0.206. The van der Waals surface area contributed by atoms with Crippen LogP contribution in [0.3, 0.4) is 0 Å². The number of carbonyl (C=O) groups is 2. The van der Waals surface area contributed by atoms with Crippen molar-refractivity contribution >= 4 is 22.2 Å². The van der Waals surface area contributed by atoms with Gasteiger partial charge in [-0.1, -0.05) is 18.2 Å². The van der Waals surface area contributed by atoms with Gasteiger partial charge in [0.15, 0.2) is 18.1 Å². The van der Waals surface area contributed by atoms with Crippen molar-refractivity contribution < 1.29 is 27.5 Å². The second kappa shape index (κ2) is 9.06. The van der Waals surface area contributed by atoms with Gasteiger partial charge in [-0.2, -0.15) is 4.31 Å². The molecule has 0 aliphatic carbocycles. The average molecular weight is 418 g/mol. The number of rotatable bonds is 7. The van der Waals surface area contributed by atoms with Crippen molar-refractivity contribution in [1.29, 1.82) is 0 Å². The number of ether oxygens (including phenoxy) is 2. The van der Waals surface area contributed by atoms with Crippen LogP contribution in [0.25, 0.3) is 0 Å². The molecule has 0 unspecified atom stereocenters. The molecule has 1 fully saturated rings. The average Bonchev–Trinajstić information content (AvgIpc) is 2.78. The molecule has 154 valence electrons. The largest absolute Gasteiger partial charge is 0.493 e. The second-order valence-electron chi connectivity index (χ2n) is 6.41. The van der Waals surface area contributed by atoms with Gasteiger partial charge in [-0.15, -0.1) is 0 Å². The number of amides is 1. The van der Waals surface area contributed by atoms with Crippen LogP contribution in [0.15, 0.2) is 53.4 Å². The third-order valence-electron chi connectivity index (χ3n) is 4.65. The van der Waals surface area contributed by atoms with Crippen LogP contribution in [-0.2, 0) is 14.8 Å². The van der Waals surface area contributed by atoms with Gasteiger partial charge in [-0.05, 0) is 30.3 Å². The molecule has 2 aromatic carbocycles. The van der Waals surface area contributed by atoms with Gasteiger partial charge < -0.3 is 14.4 Å². The molecule has 0 spiro atoms. The summed E-state index contributed by atoms with van der Waals surface area (Å²) in [6.45, 7) is 0.813. The summed E-state index contributed by atoms with van der Waals surface area (Å²) in [7, 11) is -2.11. The quantitative estimate of drug-likeness (QED) is 0.632. The SMILES string of the molecule is COc1cc(C=O)ccc1OCC(=O)N1CCN(S(=O)(=O)c2ccccc2)CC1. The Morgan fingerprint density at radius 3 is 2.34 bits per heavy atom. The van der Waals surface area contributed by atoms with Crippen LogP contribution >= 0.6 is 0 Å². The van der Waals surface area contributed by atoms with Crippen molar-refractivity contribution in [2.75, 3.05) is 39.9 Å². The maximum Gasteiger partial charge on any atom is 0.260 e. The van der Waals surface area contributed by atoms with Crippen molar-refractivity contribution in [3.05, 3.63) is 54.1 Å². The van der Waals surface area contributed by atoms with Crippen LogP contribution in [-0.4, -0.2) is 69.7 Å². The van der Waals surface area contributed by atoms with Crippen molar-refractivity contribution in [2.24, 2.45) is 0 Å². The van der Waals surface area contributed by atoms with Crippen molar-refractivity contribution in [3.63, 3.8) is 0 Å². The fourth-order valence-corrected chi connectivity index (χ4v) is 4.47. The third kappa shape index (κ3) is 4.75. The Morgan fingerprint density at radius 1 is 1.03 bits per heavy atom. The molecular weight excluding hydrogens is 396 g/mol. The first kappa shape index (κ1) is 20.8. The van der Waals surface area contributed by atoms with Crippen molar-refractivity contribution in [3.8, 4) is 11.5 Å². The van der Waals surface area contributed by atoms with Gasteiger partial charge in [-0.25, -0.2) is 8.42 Å². The van der Waals surface area contributed by atoms with E-state index in [-0.39, 0.29) is 43.6 Å². The summed E-state index contributed by atoms with van der Waals surface area (Å²) in [6, 6.07) is 12.9. The number of hydrogen-bond acceptors (Lipinski definition) is 6. The first-order valence-corrected chi connectivity index (χ1v) is 10.5. The third-order valence-corrected chi connectivity index (χ3v) is 6.56. The molecule has 0 bridgehead atoms. The summed E-state index contributed by atoms with van der Waals surface area (Å²) in [6.07, 6.45) is 0.695. The lowest BCUT2D eigenvalue weighted by Gasteiger charge is -2.34. The molecule has 0 aromatic heterocycles. The minimum atomic E-state index is -3.56. The number of carbonyl (C=O) groups excluding carboxylic acids is 2. The highest BCUT2D eigenvalue weighted by Gasteiger charge is 2.30. The van der Waals surface area contributed by atoms with E-state index in [4.69, 9.17) is 9.47 Å². The minimum Gasteiger partial charge on any atom is -0.493 e. The molecule has 3 rings (SSSR count). The van der Waals surface area contributed by atoms with Crippen LogP contribution in [0, 0.1) is 0 Å². The van der Waals surface area contributed by atoms with Gasteiger partial charge >= 0.3 is 0 Å². The first-order valence-electron chi connectivity index (χ1n) is 9.04. The zero-order valence-corrected chi connectivity index (χ0v) is 16.8. The lowest BCUT2D eigenvalue weighted by molar-refractivity contribution is -0.134. The highest BCUT2D eigenvalue weighted by atomic mass is 32.2. The molecule has 0 atom stereocenters. The van der Waals surface area contributed by atoms with Crippen LogP contribution in [0.4, 0.5) is 0 Å². The van der Waals surface area contributed by atoms with E-state index in [0.29, 0.717) is 23.3 Å². The van der Waals surface area contributed by atoms with E-state index in [0.717, 1.165) is 0 Å². The highest BCUT2D eigenvalue weighted by Crippen LogP contribution is 2.27. The lowest BCUT2D eigenvalue weighted by atomic mass is 10.2. The smallest absolute Gasteiger partial charge is 0.260 e. The molecular formula is C20H22N2O6S. The molecule has 0 N–H and O–H groups in total. The van der Waals surface area contributed by atoms with Crippen molar-refractivity contribution in [2.45, 2.75) is 4.90 Å². The fraction of sp³-hybridized carbons (Fsp3) is 0.300. The summed E-state index contributed by atoms with van der Waals surface area (Å²) in [5.74, 6) is 0.473. The standard InChI is InChI=1S/C20H22N2O6S/c1-27-19-13-16(14-23)7-8-18(19)28-15-20(24)21-9-11-22(12-10-21)29(25,26)17-5-3-2-4-6-17/h2-8,13-14H,9-12,15H2,1H3. The number of nitrogens with zero attached hydrogens (tertiary/aromatic N) is 2. The summed E-state index contributed by atoms with van der Waals surface area (Å²) < 4.78 is 37.4. The lowest BCUT2D eigenvalue weighted by Crippen LogP contribution is -2.51. The van der Waals surface area contributed by atoms with Gasteiger partial charge in [0.1, 0.15) is 6.29 Å². The molecule has 9 heteroatoms. The van der Waals surface area contributed by atoms with Crippen LogP contribution < -0.4 is 9.47 Å². The Hall–Kier alpha value is -2.91. The Morgan fingerprint density at radius 2 is 1.72 bits per heavy atom. The molecule has 29 heavy (non-hydrogen) atoms. The van der Waals surface area contributed by atoms with Gasteiger partial charge in [-0.3, -0.25) is 9.59 Å². The van der Waals surface area contributed by atoms with Gasteiger partial charge in [0.2, 0.25) is 10.0 Å². The van der Waals surface area contributed by atoms with Gasteiger partial charge in [0.25, 0.3) is 5.91 Å². The summed E-state index contributed by atoms with van der Waals surface area (Å²) in [5.41, 5.74) is 0.441. The molecule has 1 saturated heterocycles. The second-order valence-corrected chi connectivity index (χ2v) is 8.35. The predicted molar refractivity (Wildman–Crippen MR) is 106 cm³/mol. The molecule has 1 aliphatic heterocycles. The summed E-state index contributed by atoms with van der Waals surface area (Å²) in [5, 5.41) is 0. The fourth-order valence-electron chi connectivity index (χ4n) is 3.03. The highest BCUT2D eigenvalue weighted by molar-refractivity contribution is 7.89. The van der Waals surface area contributed by atoms with E-state index >= 15 is 0 Å². The number of hydrogen-bond donors (Lipinski definition) is 0. The maximum absolute atomic E-state index is 12.7. The van der Waals surface area contributed by atoms with Gasteiger partial charge in [0.05, 0.1) is 12.0 Å². The number of aldehydes is 1. The number of methoxy groups -OCH3 is 1. The van der Waals surface area contributed by atoms with E-state index in [9.17, 15) is 18.0 Å². The Bertz CT molecular complexity index is 970. The van der Waals surface area contributed by atoms with Crippen LogP contribution in [0.1, 0.15) is 10.4 Å². The van der Waals surface area contributed by atoms with Crippen LogP contribution in [0.5, 0.6) is 11.5 Å². The molecule has 1 heterocycles. The molecule has 2 aromatic rings. The van der Waals surface area contributed by atoms with E-state index in [1.807, 2.05) is 0 Å². The monoisotopic (exact) mass is 418 g/mol. The zero-order chi connectivity index (χ0) is 20.9. The summed E-state index contributed by atoms with van der Waals surface area (Å²) in [4.78, 5) is 25.1. The van der Waals surface area contributed by atoms with E-state index < -0.39 is 10.0 Å². The van der Waals surface area contributed by atoms with E-state index in [1.165, 1.54) is 17.5 Å².